The quantitative estimate of drug-likeness (QED) is 0.142. The molecule has 0 unspecified atom stereocenters. The fourth-order valence-corrected chi connectivity index (χ4v) is 11.2. The second-order valence-corrected chi connectivity index (χ2v) is 18.6. The number of hydrogen-bond donors (Lipinski definition) is 0. The number of nitrogens with zero attached hydrogens (tertiary/aromatic N) is 3. The molecule has 4 nitrogen and oxygen atoms in total. The van der Waals surface area contributed by atoms with Crippen LogP contribution in [0.15, 0.2) is 259 Å². The van der Waals surface area contributed by atoms with Crippen LogP contribution in [0.5, 0.6) is 0 Å². The molecule has 0 saturated heterocycles. The summed E-state index contributed by atoms with van der Waals surface area (Å²) in [5.41, 5.74) is 14.8. The Morgan fingerprint density at radius 1 is 0.310 bits per heavy atom. The summed E-state index contributed by atoms with van der Waals surface area (Å²) in [6, 6.07) is 92.6. The number of aromatic nitrogens is 1. The Morgan fingerprint density at radius 2 is 0.789 bits per heavy atom. The van der Waals surface area contributed by atoms with Crippen LogP contribution in [0.25, 0.3) is 92.9 Å². The normalized spacial score (nSPS) is 11.7. The van der Waals surface area contributed by atoms with Crippen molar-refractivity contribution in [1.29, 1.82) is 0 Å². The Hall–Kier alpha value is -9.38. The topological polar surface area (TPSA) is 24.6 Å². The first-order chi connectivity index (χ1) is 35.1. The lowest BCUT2D eigenvalue weighted by atomic mass is 9.94. The molecule has 0 spiro atoms. The smallest absolute Gasteiger partial charge is 0.143 e. The molecule has 0 amide bonds. The maximum absolute atomic E-state index is 6.57. The van der Waals surface area contributed by atoms with E-state index in [1.54, 1.807) is 0 Å². The fourth-order valence-electron chi connectivity index (χ4n) is 11.2. The molecule has 71 heavy (non-hydrogen) atoms. The minimum atomic E-state index is 0.892. The average Bonchev–Trinajstić information content (AvgIpc) is 3.98. The molecule has 0 atom stereocenters. The van der Waals surface area contributed by atoms with Crippen molar-refractivity contribution in [3.8, 4) is 16.8 Å². The lowest BCUT2D eigenvalue weighted by Gasteiger charge is -2.31. The van der Waals surface area contributed by atoms with Crippen LogP contribution >= 0.6 is 0 Å². The van der Waals surface area contributed by atoms with E-state index >= 15 is 0 Å². The molecular weight excluding hydrogens is 863 g/mol. The van der Waals surface area contributed by atoms with Gasteiger partial charge in [-0.15, -0.1) is 0 Å². The highest BCUT2D eigenvalue weighted by Gasteiger charge is 2.23. The molecule has 0 saturated carbocycles. The van der Waals surface area contributed by atoms with Crippen molar-refractivity contribution in [3.05, 3.63) is 260 Å². The van der Waals surface area contributed by atoms with Crippen LogP contribution in [-0.4, -0.2) is 4.57 Å². The summed E-state index contributed by atoms with van der Waals surface area (Å²) in [7, 11) is 0. The van der Waals surface area contributed by atoms with Crippen molar-refractivity contribution in [2.75, 3.05) is 9.80 Å². The standard InChI is InChI=1S/C67H45N3O/c1-44-17-15-20-48(39-44)68(46-18-3-2-4-19-46)50-40-51(42-52(41-50)70-64-30-12-9-25-59(64)60-26-10-13-31-65(60)70)69(49-37-38-58-56-23-6-5-21-54(56)55-22-7-8-24-57(55)63(58)43-49)47-35-33-45(34-36-47)53-28-16-29-62-61-27-11-14-32-66(61)71-67(53)62/h2-43H,1H3. The summed E-state index contributed by atoms with van der Waals surface area (Å²) < 4.78 is 9.01. The Labute approximate surface area is 411 Å². The van der Waals surface area contributed by atoms with E-state index in [1.807, 2.05) is 6.07 Å². The van der Waals surface area contributed by atoms with E-state index in [-0.39, 0.29) is 0 Å². The first-order valence-corrected chi connectivity index (χ1v) is 24.3. The van der Waals surface area contributed by atoms with E-state index in [0.717, 1.165) is 83.9 Å². The number of hydrogen-bond acceptors (Lipinski definition) is 3. The molecule has 334 valence electrons. The number of aryl methyl sites for hydroxylation is 1. The van der Waals surface area contributed by atoms with Crippen LogP contribution in [0, 0.1) is 6.92 Å². The average molecular weight is 908 g/mol. The molecule has 0 N–H and O–H groups in total. The highest BCUT2D eigenvalue weighted by molar-refractivity contribution is 6.26. The van der Waals surface area contributed by atoms with E-state index in [0.29, 0.717) is 0 Å². The molecule has 0 aliphatic rings. The van der Waals surface area contributed by atoms with Gasteiger partial charge < -0.3 is 18.8 Å². The van der Waals surface area contributed by atoms with Gasteiger partial charge in [-0.3, -0.25) is 0 Å². The first kappa shape index (κ1) is 40.7. The number of furan rings is 1. The molecule has 0 aliphatic heterocycles. The zero-order valence-electron chi connectivity index (χ0n) is 39.0. The van der Waals surface area contributed by atoms with Crippen molar-refractivity contribution in [2.45, 2.75) is 6.92 Å². The molecule has 14 rings (SSSR count). The summed E-state index contributed by atoms with van der Waals surface area (Å²) in [4.78, 5) is 4.83. The SMILES string of the molecule is Cc1cccc(N(c2ccccc2)c2cc(N(c3ccc(-c4cccc5c4oc4ccccc45)cc3)c3ccc4c5ccccc5c5ccccc5c4c3)cc(-n3c4ccccc4c4ccccc43)c2)c1. The Balaban J connectivity index is 1.05. The number of benzene rings is 12. The summed E-state index contributed by atoms with van der Waals surface area (Å²) >= 11 is 0. The Kier molecular flexibility index (Phi) is 9.39. The molecule has 12 aromatic carbocycles. The van der Waals surface area contributed by atoms with Crippen molar-refractivity contribution in [2.24, 2.45) is 0 Å². The maximum Gasteiger partial charge on any atom is 0.143 e. The predicted octanol–water partition coefficient (Wildman–Crippen LogP) is 19.1. The minimum Gasteiger partial charge on any atom is -0.455 e. The summed E-state index contributed by atoms with van der Waals surface area (Å²) in [6.45, 7) is 2.17. The van der Waals surface area contributed by atoms with Gasteiger partial charge in [0, 0.05) is 49.9 Å². The highest BCUT2D eigenvalue weighted by Crippen LogP contribution is 2.46. The van der Waals surface area contributed by atoms with Crippen LogP contribution in [-0.2, 0) is 0 Å². The molecule has 14 aromatic rings. The van der Waals surface area contributed by atoms with Crippen molar-refractivity contribution >= 4 is 110 Å². The summed E-state index contributed by atoms with van der Waals surface area (Å²) in [6.07, 6.45) is 0. The van der Waals surface area contributed by atoms with Gasteiger partial charge in [-0.2, -0.15) is 0 Å². The zero-order valence-corrected chi connectivity index (χ0v) is 39.0. The third kappa shape index (κ3) is 6.68. The van der Waals surface area contributed by atoms with Crippen LogP contribution in [0.4, 0.5) is 34.1 Å². The monoisotopic (exact) mass is 907 g/mol. The van der Waals surface area contributed by atoms with Gasteiger partial charge in [0.05, 0.1) is 28.1 Å². The van der Waals surface area contributed by atoms with Crippen molar-refractivity contribution in [1.82, 2.24) is 4.57 Å². The molecule has 4 heteroatoms. The van der Waals surface area contributed by atoms with Crippen LogP contribution in [0.3, 0.4) is 0 Å². The van der Waals surface area contributed by atoms with E-state index in [2.05, 4.69) is 270 Å². The highest BCUT2D eigenvalue weighted by atomic mass is 16.3. The molecule has 0 fully saturated rings. The third-order valence-electron chi connectivity index (χ3n) is 14.3. The molecule has 2 aromatic heterocycles. The number of para-hydroxylation sites is 5. The van der Waals surface area contributed by atoms with E-state index < -0.39 is 0 Å². The largest absolute Gasteiger partial charge is 0.455 e. The number of fused-ring (bicyclic) bond motifs is 12. The molecular formula is C67H45N3O. The van der Waals surface area contributed by atoms with Gasteiger partial charge in [0.25, 0.3) is 0 Å². The summed E-state index contributed by atoms with van der Waals surface area (Å²) in [5, 5.41) is 12.1. The molecule has 0 aliphatic carbocycles. The van der Waals surface area contributed by atoms with Crippen LogP contribution in [0.1, 0.15) is 5.56 Å². The molecule has 0 radical (unpaired) electrons. The van der Waals surface area contributed by atoms with Crippen molar-refractivity contribution in [3.63, 3.8) is 0 Å². The van der Waals surface area contributed by atoms with E-state index in [9.17, 15) is 0 Å². The second kappa shape index (κ2) is 16.4. The number of anilines is 6. The lowest BCUT2D eigenvalue weighted by molar-refractivity contribution is 0.670. The first-order valence-electron chi connectivity index (χ1n) is 24.3. The van der Waals surface area contributed by atoms with Crippen LogP contribution < -0.4 is 9.80 Å². The Bertz CT molecular complexity index is 4290. The maximum atomic E-state index is 6.57. The van der Waals surface area contributed by atoms with Gasteiger partial charge in [-0.05, 0) is 135 Å². The van der Waals surface area contributed by atoms with Gasteiger partial charge in [-0.25, -0.2) is 0 Å². The van der Waals surface area contributed by atoms with Gasteiger partial charge in [0.1, 0.15) is 11.2 Å². The Morgan fingerprint density at radius 3 is 1.44 bits per heavy atom. The lowest BCUT2D eigenvalue weighted by Crippen LogP contribution is -2.14. The van der Waals surface area contributed by atoms with Crippen LogP contribution in [0.2, 0.25) is 0 Å². The second-order valence-electron chi connectivity index (χ2n) is 18.6. The van der Waals surface area contributed by atoms with Gasteiger partial charge in [0.2, 0.25) is 0 Å². The molecule has 2 heterocycles. The predicted molar refractivity (Wildman–Crippen MR) is 300 cm³/mol. The van der Waals surface area contributed by atoms with E-state index in [4.69, 9.17) is 4.42 Å². The van der Waals surface area contributed by atoms with Gasteiger partial charge in [0.15, 0.2) is 0 Å². The number of rotatable bonds is 8. The third-order valence-corrected chi connectivity index (χ3v) is 14.3. The fraction of sp³-hybridized carbons (Fsp3) is 0.0149. The van der Waals surface area contributed by atoms with E-state index in [1.165, 1.54) is 48.7 Å². The summed E-state index contributed by atoms with van der Waals surface area (Å²) in [5.74, 6) is 0. The van der Waals surface area contributed by atoms with Crippen molar-refractivity contribution < 1.29 is 4.42 Å². The van der Waals surface area contributed by atoms with Gasteiger partial charge in [-0.1, -0.05) is 170 Å². The zero-order chi connectivity index (χ0) is 47.0. The molecule has 0 bridgehead atoms. The van der Waals surface area contributed by atoms with Gasteiger partial charge >= 0.3 is 0 Å². The minimum absolute atomic E-state index is 0.892.